The third-order valence-electron chi connectivity index (χ3n) is 4.72. The molecule has 2 heterocycles. The SMILES string of the molecule is Cn1cc(Br)cc1C(=O)N1CCC2(CC1)CC2C(=O)O. The van der Waals surface area contributed by atoms with Gasteiger partial charge in [0, 0.05) is 30.8 Å². The fraction of sp³-hybridized carbons (Fsp3) is 0.571. The molecule has 1 aromatic heterocycles. The lowest BCUT2D eigenvalue weighted by atomic mass is 9.90. The summed E-state index contributed by atoms with van der Waals surface area (Å²) in [5, 5.41) is 9.07. The van der Waals surface area contributed by atoms with E-state index in [2.05, 4.69) is 15.9 Å². The minimum Gasteiger partial charge on any atom is -0.481 e. The van der Waals surface area contributed by atoms with E-state index in [1.807, 2.05) is 28.8 Å². The van der Waals surface area contributed by atoms with Gasteiger partial charge >= 0.3 is 5.97 Å². The van der Waals surface area contributed by atoms with Crippen LogP contribution in [-0.2, 0) is 11.8 Å². The lowest BCUT2D eigenvalue weighted by Gasteiger charge is -2.32. The Morgan fingerprint density at radius 3 is 2.50 bits per heavy atom. The molecule has 1 aromatic rings. The average molecular weight is 341 g/mol. The first kappa shape index (κ1) is 13.7. The van der Waals surface area contributed by atoms with Gasteiger partial charge in [-0.3, -0.25) is 9.59 Å². The van der Waals surface area contributed by atoms with Crippen molar-refractivity contribution >= 4 is 27.8 Å². The van der Waals surface area contributed by atoms with Crippen LogP contribution in [0, 0.1) is 11.3 Å². The number of aliphatic carboxylic acids is 1. The molecule has 0 bridgehead atoms. The second kappa shape index (κ2) is 4.62. The molecule has 3 rings (SSSR count). The first-order valence-electron chi connectivity index (χ1n) is 6.77. The summed E-state index contributed by atoms with van der Waals surface area (Å²) in [7, 11) is 1.85. The Hall–Kier alpha value is -1.30. The second-order valence-corrected chi connectivity index (χ2v) is 6.82. The van der Waals surface area contributed by atoms with Crippen molar-refractivity contribution in [2.75, 3.05) is 13.1 Å². The van der Waals surface area contributed by atoms with E-state index in [0.717, 1.165) is 23.7 Å². The average Bonchev–Trinajstić information content (AvgIpc) is 2.99. The Morgan fingerprint density at radius 2 is 2.05 bits per heavy atom. The number of likely N-dealkylation sites (tertiary alicyclic amines) is 1. The van der Waals surface area contributed by atoms with Crippen molar-refractivity contribution < 1.29 is 14.7 Å². The molecule has 1 unspecified atom stereocenters. The van der Waals surface area contributed by atoms with Gasteiger partial charge in [0.2, 0.25) is 0 Å². The fourth-order valence-electron chi connectivity index (χ4n) is 3.30. The van der Waals surface area contributed by atoms with Crippen molar-refractivity contribution in [3.05, 3.63) is 22.4 Å². The molecule has 1 amide bonds. The van der Waals surface area contributed by atoms with Gasteiger partial charge in [0.25, 0.3) is 5.91 Å². The van der Waals surface area contributed by atoms with Crippen LogP contribution in [0.2, 0.25) is 0 Å². The van der Waals surface area contributed by atoms with Crippen LogP contribution in [0.4, 0.5) is 0 Å². The zero-order valence-corrected chi connectivity index (χ0v) is 12.9. The van der Waals surface area contributed by atoms with Crippen LogP contribution < -0.4 is 0 Å². The fourth-order valence-corrected chi connectivity index (χ4v) is 3.83. The summed E-state index contributed by atoms with van der Waals surface area (Å²) in [4.78, 5) is 25.3. The number of hydrogen-bond donors (Lipinski definition) is 1. The minimum atomic E-state index is -0.684. The highest BCUT2D eigenvalue weighted by Crippen LogP contribution is 2.59. The topological polar surface area (TPSA) is 62.5 Å². The second-order valence-electron chi connectivity index (χ2n) is 5.90. The van der Waals surface area contributed by atoms with Crippen LogP contribution in [0.3, 0.4) is 0 Å². The van der Waals surface area contributed by atoms with Gasteiger partial charge in [0.1, 0.15) is 5.69 Å². The summed E-state index contributed by atoms with van der Waals surface area (Å²) < 4.78 is 2.71. The number of hydrogen-bond acceptors (Lipinski definition) is 2. The number of rotatable bonds is 2. The highest BCUT2D eigenvalue weighted by atomic mass is 79.9. The zero-order valence-electron chi connectivity index (χ0n) is 11.3. The molecule has 2 aliphatic rings. The van der Waals surface area contributed by atoms with Crippen molar-refractivity contribution in [1.82, 2.24) is 9.47 Å². The predicted octanol–water partition coefficient (Wildman–Crippen LogP) is 2.11. The molecule has 108 valence electrons. The van der Waals surface area contributed by atoms with Crippen molar-refractivity contribution in [1.29, 1.82) is 0 Å². The predicted molar refractivity (Wildman–Crippen MR) is 76.4 cm³/mol. The van der Waals surface area contributed by atoms with E-state index < -0.39 is 5.97 Å². The van der Waals surface area contributed by atoms with E-state index in [0.29, 0.717) is 18.8 Å². The molecule has 2 fully saturated rings. The normalized spacial score (nSPS) is 23.9. The van der Waals surface area contributed by atoms with E-state index >= 15 is 0 Å². The maximum Gasteiger partial charge on any atom is 0.307 e. The van der Waals surface area contributed by atoms with Gasteiger partial charge in [0.05, 0.1) is 5.92 Å². The van der Waals surface area contributed by atoms with Crippen molar-refractivity contribution in [3.63, 3.8) is 0 Å². The molecule has 5 nitrogen and oxygen atoms in total. The highest BCUT2D eigenvalue weighted by molar-refractivity contribution is 9.10. The number of piperidine rings is 1. The number of aryl methyl sites for hydroxylation is 1. The molecule has 0 aromatic carbocycles. The molecule has 1 aliphatic carbocycles. The van der Waals surface area contributed by atoms with Crippen LogP contribution in [-0.4, -0.2) is 39.5 Å². The number of carboxylic acids is 1. The van der Waals surface area contributed by atoms with Gasteiger partial charge in [-0.25, -0.2) is 0 Å². The standard InChI is InChI=1S/C14H17BrN2O3/c1-16-8-9(15)6-11(16)12(18)17-4-2-14(3-5-17)7-10(14)13(19)20/h6,8,10H,2-5,7H2,1H3,(H,19,20). The number of carboxylic acid groups (broad SMARTS) is 1. The number of nitrogens with zero attached hydrogens (tertiary/aromatic N) is 2. The summed E-state index contributed by atoms with van der Waals surface area (Å²) in [5.74, 6) is -0.847. The molecular weight excluding hydrogens is 324 g/mol. The third-order valence-corrected chi connectivity index (χ3v) is 5.16. The Bertz CT molecular complexity index is 573. The Kier molecular flexibility index (Phi) is 3.16. The van der Waals surface area contributed by atoms with Crippen molar-refractivity contribution in [2.45, 2.75) is 19.3 Å². The number of amides is 1. The largest absolute Gasteiger partial charge is 0.481 e. The smallest absolute Gasteiger partial charge is 0.307 e. The van der Waals surface area contributed by atoms with E-state index in [-0.39, 0.29) is 17.2 Å². The molecule has 1 N–H and O–H groups in total. The summed E-state index contributed by atoms with van der Waals surface area (Å²) >= 11 is 3.37. The first-order chi connectivity index (χ1) is 9.43. The van der Waals surface area contributed by atoms with Gasteiger partial charge in [0.15, 0.2) is 0 Å². The van der Waals surface area contributed by atoms with Crippen molar-refractivity contribution in [3.8, 4) is 0 Å². The van der Waals surface area contributed by atoms with Gasteiger partial charge in [-0.1, -0.05) is 0 Å². The third kappa shape index (κ3) is 2.16. The summed E-state index contributed by atoms with van der Waals surface area (Å²) in [5.41, 5.74) is 0.635. The van der Waals surface area contributed by atoms with Gasteiger partial charge in [-0.2, -0.15) is 0 Å². The summed E-state index contributed by atoms with van der Waals surface area (Å²) in [6.07, 6.45) is 4.25. The molecule has 0 radical (unpaired) electrons. The highest BCUT2D eigenvalue weighted by Gasteiger charge is 2.59. The number of halogens is 1. The summed E-state index contributed by atoms with van der Waals surface area (Å²) in [6, 6.07) is 1.82. The van der Waals surface area contributed by atoms with E-state index in [9.17, 15) is 9.59 Å². The van der Waals surface area contributed by atoms with E-state index in [1.54, 1.807) is 0 Å². The Labute approximate surface area is 125 Å². The monoisotopic (exact) mass is 340 g/mol. The van der Waals surface area contributed by atoms with Crippen LogP contribution in [0.5, 0.6) is 0 Å². The number of carbonyl (C=O) groups excluding carboxylic acids is 1. The van der Waals surface area contributed by atoms with E-state index in [4.69, 9.17) is 5.11 Å². The van der Waals surface area contributed by atoms with Gasteiger partial charge in [-0.15, -0.1) is 0 Å². The van der Waals surface area contributed by atoms with Crippen LogP contribution in [0.1, 0.15) is 29.8 Å². The molecule has 1 spiro atoms. The Morgan fingerprint density at radius 1 is 1.40 bits per heavy atom. The van der Waals surface area contributed by atoms with Crippen molar-refractivity contribution in [2.24, 2.45) is 18.4 Å². The maximum absolute atomic E-state index is 12.4. The molecular formula is C14H17BrN2O3. The first-order valence-corrected chi connectivity index (χ1v) is 7.56. The maximum atomic E-state index is 12.4. The lowest BCUT2D eigenvalue weighted by Crippen LogP contribution is -2.40. The number of aromatic nitrogens is 1. The van der Waals surface area contributed by atoms with Crippen LogP contribution in [0.25, 0.3) is 0 Å². The summed E-state index contributed by atoms with van der Waals surface area (Å²) in [6.45, 7) is 1.32. The molecule has 20 heavy (non-hydrogen) atoms. The zero-order chi connectivity index (χ0) is 14.5. The number of carbonyl (C=O) groups is 2. The molecule has 1 atom stereocenters. The van der Waals surface area contributed by atoms with E-state index in [1.165, 1.54) is 0 Å². The Balaban J connectivity index is 1.66. The van der Waals surface area contributed by atoms with Crippen LogP contribution in [0.15, 0.2) is 16.7 Å². The molecule has 6 heteroatoms. The van der Waals surface area contributed by atoms with Crippen LogP contribution >= 0.6 is 15.9 Å². The van der Waals surface area contributed by atoms with Gasteiger partial charge < -0.3 is 14.6 Å². The van der Waals surface area contributed by atoms with Gasteiger partial charge in [-0.05, 0) is 46.7 Å². The minimum absolute atomic E-state index is 0.0283. The molecule has 1 aliphatic heterocycles. The quantitative estimate of drug-likeness (QED) is 0.896. The molecule has 1 saturated heterocycles. The molecule has 1 saturated carbocycles. The lowest BCUT2D eigenvalue weighted by molar-refractivity contribution is -0.139.